The van der Waals surface area contributed by atoms with Crippen LogP contribution in [-0.4, -0.2) is 29.6 Å². The van der Waals surface area contributed by atoms with Crippen LogP contribution < -0.4 is 10.6 Å². The van der Waals surface area contributed by atoms with Gasteiger partial charge in [-0.15, -0.1) is 0 Å². The molecule has 0 aliphatic carbocycles. The van der Waals surface area contributed by atoms with E-state index in [9.17, 15) is 9.59 Å². The molecule has 1 atom stereocenters. The molecule has 1 rings (SSSR count). The van der Waals surface area contributed by atoms with E-state index in [0.717, 1.165) is 5.56 Å². The third kappa shape index (κ3) is 4.25. The average Bonchev–Trinajstić information content (AvgIpc) is 2.27. The van der Waals surface area contributed by atoms with Gasteiger partial charge in [0.2, 0.25) is 5.91 Å². The Bertz CT molecular complexity index is 463. The molecule has 0 radical (unpaired) electrons. The van der Waals surface area contributed by atoms with Crippen molar-refractivity contribution in [3.05, 3.63) is 28.8 Å². The van der Waals surface area contributed by atoms with Gasteiger partial charge in [-0.1, -0.05) is 17.7 Å². The normalized spacial score (nSPS) is 11.7. The number of anilines is 1. The second-order valence-electron chi connectivity index (χ2n) is 3.96. The van der Waals surface area contributed by atoms with Crippen LogP contribution in [0.25, 0.3) is 0 Å². The fourth-order valence-electron chi connectivity index (χ4n) is 1.43. The quantitative estimate of drug-likeness (QED) is 0.760. The first-order chi connectivity index (χ1) is 8.40. The van der Waals surface area contributed by atoms with E-state index in [1.165, 1.54) is 6.92 Å². The number of hydrogen-bond acceptors (Lipinski definition) is 3. The van der Waals surface area contributed by atoms with Gasteiger partial charge in [-0.3, -0.25) is 4.79 Å². The molecular weight excluding hydrogens is 256 g/mol. The summed E-state index contributed by atoms with van der Waals surface area (Å²) in [6.45, 7) is 3.25. The zero-order chi connectivity index (χ0) is 13.7. The molecule has 0 aromatic heterocycles. The van der Waals surface area contributed by atoms with E-state index >= 15 is 0 Å². The van der Waals surface area contributed by atoms with Crippen LogP contribution in [0.1, 0.15) is 12.5 Å². The number of carbonyl (C=O) groups excluding carboxylic acids is 1. The molecule has 0 saturated heterocycles. The van der Waals surface area contributed by atoms with Crippen LogP contribution in [0.15, 0.2) is 18.2 Å². The molecule has 0 heterocycles. The summed E-state index contributed by atoms with van der Waals surface area (Å²) in [6.07, 6.45) is 0. The Balaban J connectivity index is 2.69. The number of carbonyl (C=O) groups is 2. The maximum Gasteiger partial charge on any atom is 0.328 e. The SMILES string of the molecule is CC(=O)NC(CNc1cc(C)ccc1Cl)C(=O)O. The number of halogens is 1. The van der Waals surface area contributed by atoms with Crippen LogP contribution in [-0.2, 0) is 9.59 Å². The lowest BCUT2D eigenvalue weighted by Gasteiger charge is -2.16. The summed E-state index contributed by atoms with van der Waals surface area (Å²) in [6, 6.07) is 4.41. The van der Waals surface area contributed by atoms with Crippen LogP contribution >= 0.6 is 11.6 Å². The van der Waals surface area contributed by atoms with Gasteiger partial charge in [0.25, 0.3) is 0 Å². The van der Waals surface area contributed by atoms with Crippen molar-refractivity contribution < 1.29 is 14.7 Å². The van der Waals surface area contributed by atoms with Crippen molar-refractivity contribution in [1.29, 1.82) is 0 Å². The summed E-state index contributed by atoms with van der Waals surface area (Å²) in [4.78, 5) is 21.8. The summed E-state index contributed by atoms with van der Waals surface area (Å²) in [5.74, 6) is -1.49. The molecule has 98 valence electrons. The third-order valence-corrected chi connectivity index (χ3v) is 2.62. The second kappa shape index (κ2) is 6.26. The third-order valence-electron chi connectivity index (χ3n) is 2.29. The van der Waals surface area contributed by atoms with Crippen molar-refractivity contribution in [3.8, 4) is 0 Å². The number of rotatable bonds is 5. The predicted molar refractivity (Wildman–Crippen MR) is 69.9 cm³/mol. The standard InChI is InChI=1S/C12H15ClN2O3/c1-7-3-4-9(13)10(5-7)14-6-11(12(17)18)15-8(2)16/h3-5,11,14H,6H2,1-2H3,(H,15,16)(H,17,18). The van der Waals surface area contributed by atoms with E-state index in [1.54, 1.807) is 6.07 Å². The number of carboxylic acid groups (broad SMARTS) is 1. The summed E-state index contributed by atoms with van der Waals surface area (Å²) in [5, 5.41) is 14.7. The highest BCUT2D eigenvalue weighted by molar-refractivity contribution is 6.33. The fourth-order valence-corrected chi connectivity index (χ4v) is 1.62. The van der Waals surface area contributed by atoms with Gasteiger partial charge in [-0.25, -0.2) is 4.79 Å². The van der Waals surface area contributed by atoms with Gasteiger partial charge in [0.15, 0.2) is 0 Å². The summed E-state index contributed by atoms with van der Waals surface area (Å²) in [7, 11) is 0. The first kappa shape index (κ1) is 14.3. The molecule has 1 aromatic rings. The van der Waals surface area contributed by atoms with Gasteiger partial charge in [0.05, 0.1) is 10.7 Å². The molecule has 1 amide bonds. The molecule has 0 aliphatic heterocycles. The maximum atomic E-state index is 10.9. The Labute approximate surface area is 110 Å². The zero-order valence-electron chi connectivity index (χ0n) is 10.2. The molecule has 18 heavy (non-hydrogen) atoms. The van der Waals surface area contributed by atoms with E-state index in [-0.39, 0.29) is 12.5 Å². The van der Waals surface area contributed by atoms with Crippen LogP contribution in [0.2, 0.25) is 5.02 Å². The van der Waals surface area contributed by atoms with E-state index in [4.69, 9.17) is 16.7 Å². The largest absolute Gasteiger partial charge is 0.480 e. The maximum absolute atomic E-state index is 10.9. The van der Waals surface area contributed by atoms with Gasteiger partial charge in [-0.2, -0.15) is 0 Å². The average molecular weight is 271 g/mol. The lowest BCUT2D eigenvalue weighted by molar-refractivity contribution is -0.141. The Morgan fingerprint density at radius 3 is 2.67 bits per heavy atom. The number of aliphatic carboxylic acids is 1. The molecule has 0 fully saturated rings. The highest BCUT2D eigenvalue weighted by Gasteiger charge is 2.18. The minimum Gasteiger partial charge on any atom is -0.480 e. The van der Waals surface area contributed by atoms with Crippen molar-refractivity contribution in [3.63, 3.8) is 0 Å². The van der Waals surface area contributed by atoms with Crippen LogP contribution in [0.3, 0.4) is 0 Å². The minimum absolute atomic E-state index is 0.0675. The second-order valence-corrected chi connectivity index (χ2v) is 4.36. The first-order valence-corrected chi connectivity index (χ1v) is 5.78. The van der Waals surface area contributed by atoms with E-state index in [2.05, 4.69) is 10.6 Å². The Hall–Kier alpha value is -1.75. The van der Waals surface area contributed by atoms with Gasteiger partial charge in [-0.05, 0) is 24.6 Å². The van der Waals surface area contributed by atoms with Crippen LogP contribution in [0, 0.1) is 6.92 Å². The van der Waals surface area contributed by atoms with Gasteiger partial charge in [0, 0.05) is 13.5 Å². The van der Waals surface area contributed by atoms with Gasteiger partial charge >= 0.3 is 5.97 Å². The lowest BCUT2D eigenvalue weighted by Crippen LogP contribution is -2.44. The zero-order valence-corrected chi connectivity index (χ0v) is 10.9. The summed E-state index contributed by atoms with van der Waals surface area (Å²) in [5.41, 5.74) is 1.65. The van der Waals surface area contributed by atoms with E-state index in [1.807, 2.05) is 19.1 Å². The lowest BCUT2D eigenvalue weighted by atomic mass is 10.2. The Morgan fingerprint density at radius 1 is 1.44 bits per heavy atom. The first-order valence-electron chi connectivity index (χ1n) is 5.40. The number of nitrogens with one attached hydrogen (secondary N) is 2. The molecular formula is C12H15ClN2O3. The molecule has 5 nitrogen and oxygen atoms in total. The smallest absolute Gasteiger partial charge is 0.328 e. The molecule has 0 aliphatic rings. The van der Waals surface area contributed by atoms with Crippen molar-refractivity contribution in [2.24, 2.45) is 0 Å². The van der Waals surface area contributed by atoms with Crippen molar-refractivity contribution >= 4 is 29.2 Å². The highest BCUT2D eigenvalue weighted by Crippen LogP contribution is 2.22. The molecule has 0 spiro atoms. The van der Waals surface area contributed by atoms with Crippen molar-refractivity contribution in [2.75, 3.05) is 11.9 Å². The molecule has 0 bridgehead atoms. The number of benzene rings is 1. The molecule has 6 heteroatoms. The Morgan fingerprint density at radius 2 is 2.11 bits per heavy atom. The summed E-state index contributed by atoms with van der Waals surface area (Å²) >= 11 is 5.97. The molecule has 1 unspecified atom stereocenters. The van der Waals surface area contributed by atoms with Crippen molar-refractivity contribution in [2.45, 2.75) is 19.9 Å². The highest BCUT2D eigenvalue weighted by atomic mass is 35.5. The monoisotopic (exact) mass is 270 g/mol. The Kier molecular flexibility index (Phi) is 4.97. The van der Waals surface area contributed by atoms with Crippen molar-refractivity contribution in [1.82, 2.24) is 5.32 Å². The molecule has 3 N–H and O–H groups in total. The number of carboxylic acids is 1. The number of hydrogen-bond donors (Lipinski definition) is 3. The number of aryl methyl sites for hydroxylation is 1. The summed E-state index contributed by atoms with van der Waals surface area (Å²) < 4.78 is 0. The van der Waals surface area contributed by atoms with Gasteiger partial charge in [0.1, 0.15) is 6.04 Å². The number of amides is 1. The van der Waals surface area contributed by atoms with E-state index < -0.39 is 12.0 Å². The van der Waals surface area contributed by atoms with Crippen LogP contribution in [0.4, 0.5) is 5.69 Å². The van der Waals surface area contributed by atoms with Crippen LogP contribution in [0.5, 0.6) is 0 Å². The van der Waals surface area contributed by atoms with E-state index in [0.29, 0.717) is 10.7 Å². The molecule has 0 saturated carbocycles. The topological polar surface area (TPSA) is 78.4 Å². The fraction of sp³-hybridized carbons (Fsp3) is 0.333. The van der Waals surface area contributed by atoms with Gasteiger partial charge < -0.3 is 15.7 Å². The predicted octanol–water partition coefficient (Wildman–Crippen LogP) is 1.65. The molecule has 1 aromatic carbocycles. The minimum atomic E-state index is -1.10.